The topological polar surface area (TPSA) is 96.9 Å². The molecule has 0 aliphatic carbocycles. The van der Waals surface area contributed by atoms with Gasteiger partial charge < -0.3 is 25.2 Å². The van der Waals surface area contributed by atoms with Crippen LogP contribution < -0.4 is 10.6 Å². The maximum Gasteiger partial charge on any atom is 0.315 e. The Morgan fingerprint density at radius 3 is 2.84 bits per heavy atom. The number of carbonyl (C=O) groups is 2. The highest BCUT2D eigenvalue weighted by atomic mass is 16.5. The van der Waals surface area contributed by atoms with E-state index in [1.54, 1.807) is 0 Å². The highest BCUT2D eigenvalue weighted by molar-refractivity contribution is 5.77. The van der Waals surface area contributed by atoms with Gasteiger partial charge in [-0.1, -0.05) is 0 Å². The summed E-state index contributed by atoms with van der Waals surface area (Å²) in [5.41, 5.74) is -0.310. The van der Waals surface area contributed by atoms with E-state index in [1.807, 2.05) is 6.92 Å². The van der Waals surface area contributed by atoms with E-state index in [0.717, 1.165) is 19.4 Å². The molecule has 2 heterocycles. The molecule has 2 aliphatic heterocycles. The number of rotatable bonds is 4. The van der Waals surface area contributed by atoms with Crippen molar-refractivity contribution >= 4 is 12.0 Å². The Balaban J connectivity index is 1.76. The van der Waals surface area contributed by atoms with Gasteiger partial charge in [-0.25, -0.2) is 4.79 Å². The molecule has 0 aromatic rings. The molecule has 2 amide bonds. The molecule has 19 heavy (non-hydrogen) atoms. The minimum atomic E-state index is -0.950. The molecule has 2 saturated heterocycles. The van der Waals surface area contributed by atoms with Crippen LogP contribution in [0, 0.1) is 5.92 Å². The van der Waals surface area contributed by atoms with Gasteiger partial charge in [-0.3, -0.25) is 4.79 Å². The Bertz CT molecular complexity index is 354. The van der Waals surface area contributed by atoms with Crippen LogP contribution in [-0.4, -0.2) is 55.1 Å². The first kappa shape index (κ1) is 14.1. The number of carboxylic acids is 1. The number of hydrogen-bond donors (Lipinski definition) is 3. The molecule has 2 rings (SSSR count). The third-order valence-corrected chi connectivity index (χ3v) is 3.64. The SMILES string of the molecule is CC1(CNC(=O)NC2COCC2C(=O)O)CCCO1. The Labute approximate surface area is 111 Å². The zero-order valence-electron chi connectivity index (χ0n) is 11.0. The van der Waals surface area contributed by atoms with Crippen LogP contribution in [0.25, 0.3) is 0 Å². The number of carboxylic acid groups (broad SMARTS) is 1. The van der Waals surface area contributed by atoms with Crippen LogP contribution in [0.3, 0.4) is 0 Å². The lowest BCUT2D eigenvalue weighted by molar-refractivity contribution is -0.142. The van der Waals surface area contributed by atoms with Crippen molar-refractivity contribution in [3.05, 3.63) is 0 Å². The fourth-order valence-electron chi connectivity index (χ4n) is 2.40. The number of aliphatic carboxylic acids is 1. The second-order valence-electron chi connectivity index (χ2n) is 5.32. The number of ether oxygens (including phenoxy) is 2. The van der Waals surface area contributed by atoms with Gasteiger partial charge in [-0.05, 0) is 19.8 Å². The zero-order valence-corrected chi connectivity index (χ0v) is 11.0. The van der Waals surface area contributed by atoms with Crippen molar-refractivity contribution < 1.29 is 24.2 Å². The quantitative estimate of drug-likeness (QED) is 0.667. The van der Waals surface area contributed by atoms with Crippen LogP contribution in [0.1, 0.15) is 19.8 Å². The minimum Gasteiger partial charge on any atom is -0.481 e. The predicted molar refractivity (Wildman–Crippen MR) is 65.9 cm³/mol. The van der Waals surface area contributed by atoms with Crippen molar-refractivity contribution in [3.8, 4) is 0 Å². The van der Waals surface area contributed by atoms with Crippen molar-refractivity contribution in [2.75, 3.05) is 26.4 Å². The second kappa shape index (κ2) is 5.75. The van der Waals surface area contributed by atoms with Gasteiger partial charge in [0.15, 0.2) is 0 Å². The molecule has 0 aromatic heterocycles. The summed E-state index contributed by atoms with van der Waals surface area (Å²) in [6.07, 6.45) is 1.91. The average Bonchev–Trinajstić information content (AvgIpc) is 2.96. The molecule has 0 spiro atoms. The Morgan fingerprint density at radius 1 is 1.42 bits per heavy atom. The largest absolute Gasteiger partial charge is 0.481 e. The van der Waals surface area contributed by atoms with Crippen molar-refractivity contribution in [1.82, 2.24) is 10.6 Å². The molecule has 2 aliphatic rings. The standard InChI is InChI=1S/C12H20N2O5/c1-12(3-2-4-19-12)7-13-11(17)14-9-6-18-5-8(9)10(15)16/h8-9H,2-7H2,1H3,(H,15,16)(H2,13,14,17). The first-order chi connectivity index (χ1) is 9.00. The van der Waals surface area contributed by atoms with E-state index in [0.29, 0.717) is 6.54 Å². The molecule has 3 N–H and O–H groups in total. The van der Waals surface area contributed by atoms with E-state index >= 15 is 0 Å². The van der Waals surface area contributed by atoms with Crippen LogP contribution in [0.5, 0.6) is 0 Å². The molecule has 7 nitrogen and oxygen atoms in total. The normalized spacial score (nSPS) is 34.2. The first-order valence-electron chi connectivity index (χ1n) is 6.49. The summed E-state index contributed by atoms with van der Waals surface area (Å²) in [5.74, 6) is -1.63. The smallest absolute Gasteiger partial charge is 0.315 e. The van der Waals surface area contributed by atoms with Gasteiger partial charge in [0.25, 0.3) is 0 Å². The highest BCUT2D eigenvalue weighted by Crippen LogP contribution is 2.23. The molecule has 0 radical (unpaired) electrons. The van der Waals surface area contributed by atoms with E-state index in [2.05, 4.69) is 10.6 Å². The Hall–Kier alpha value is -1.34. The van der Waals surface area contributed by atoms with Crippen molar-refractivity contribution in [3.63, 3.8) is 0 Å². The summed E-state index contributed by atoms with van der Waals surface area (Å²) < 4.78 is 10.6. The lowest BCUT2D eigenvalue weighted by Crippen LogP contribution is -2.50. The lowest BCUT2D eigenvalue weighted by Gasteiger charge is -2.24. The third kappa shape index (κ3) is 3.57. The van der Waals surface area contributed by atoms with E-state index in [-0.39, 0.29) is 24.8 Å². The zero-order chi connectivity index (χ0) is 13.9. The monoisotopic (exact) mass is 272 g/mol. The van der Waals surface area contributed by atoms with Gasteiger partial charge in [-0.2, -0.15) is 0 Å². The molecule has 2 fully saturated rings. The summed E-state index contributed by atoms with van der Waals surface area (Å²) in [6.45, 7) is 3.47. The molecule has 0 aromatic carbocycles. The molecule has 3 unspecified atom stereocenters. The second-order valence-corrected chi connectivity index (χ2v) is 5.32. The number of amides is 2. The number of nitrogens with one attached hydrogen (secondary N) is 2. The van der Waals surface area contributed by atoms with Crippen LogP contribution >= 0.6 is 0 Å². The van der Waals surface area contributed by atoms with Gasteiger partial charge in [0, 0.05) is 13.2 Å². The Morgan fingerprint density at radius 2 is 2.21 bits per heavy atom. The fourth-order valence-corrected chi connectivity index (χ4v) is 2.40. The first-order valence-corrected chi connectivity index (χ1v) is 6.49. The highest BCUT2D eigenvalue weighted by Gasteiger charge is 2.35. The number of carbonyl (C=O) groups excluding carboxylic acids is 1. The molecular formula is C12H20N2O5. The lowest BCUT2D eigenvalue weighted by atomic mass is 10.0. The third-order valence-electron chi connectivity index (χ3n) is 3.64. The van der Waals surface area contributed by atoms with Crippen LogP contribution in [0.4, 0.5) is 4.79 Å². The number of hydrogen-bond acceptors (Lipinski definition) is 4. The summed E-state index contributed by atoms with van der Waals surface area (Å²) >= 11 is 0. The predicted octanol–water partition coefficient (Wildman–Crippen LogP) is -0.0457. The van der Waals surface area contributed by atoms with Gasteiger partial charge in [0.05, 0.1) is 24.9 Å². The Kier molecular flexibility index (Phi) is 4.26. The van der Waals surface area contributed by atoms with Crippen molar-refractivity contribution in [2.24, 2.45) is 5.92 Å². The van der Waals surface area contributed by atoms with Crippen LogP contribution in [0.15, 0.2) is 0 Å². The van der Waals surface area contributed by atoms with Gasteiger partial charge in [-0.15, -0.1) is 0 Å². The number of urea groups is 1. The molecule has 3 atom stereocenters. The summed E-state index contributed by atoms with van der Waals surface area (Å²) in [7, 11) is 0. The molecular weight excluding hydrogens is 252 g/mol. The van der Waals surface area contributed by atoms with E-state index in [4.69, 9.17) is 14.6 Å². The van der Waals surface area contributed by atoms with Crippen molar-refractivity contribution in [2.45, 2.75) is 31.4 Å². The summed E-state index contributed by atoms with van der Waals surface area (Å²) in [6, 6.07) is -0.853. The maximum absolute atomic E-state index is 11.7. The van der Waals surface area contributed by atoms with Gasteiger partial charge in [0.1, 0.15) is 5.92 Å². The van der Waals surface area contributed by atoms with Crippen molar-refractivity contribution in [1.29, 1.82) is 0 Å². The maximum atomic E-state index is 11.7. The molecule has 108 valence electrons. The molecule has 7 heteroatoms. The van der Waals surface area contributed by atoms with E-state index in [9.17, 15) is 9.59 Å². The fraction of sp³-hybridized carbons (Fsp3) is 0.833. The van der Waals surface area contributed by atoms with Crippen LogP contribution in [0.2, 0.25) is 0 Å². The molecule has 0 bridgehead atoms. The van der Waals surface area contributed by atoms with E-state index in [1.165, 1.54) is 0 Å². The summed E-state index contributed by atoms with van der Waals surface area (Å²) in [5, 5.41) is 14.3. The van der Waals surface area contributed by atoms with E-state index < -0.39 is 17.9 Å². The minimum absolute atomic E-state index is 0.140. The van der Waals surface area contributed by atoms with Gasteiger partial charge in [0.2, 0.25) is 0 Å². The van der Waals surface area contributed by atoms with Gasteiger partial charge >= 0.3 is 12.0 Å². The average molecular weight is 272 g/mol. The summed E-state index contributed by atoms with van der Waals surface area (Å²) in [4.78, 5) is 22.7. The molecule has 0 saturated carbocycles. The van der Waals surface area contributed by atoms with Crippen LogP contribution in [-0.2, 0) is 14.3 Å².